The Balaban J connectivity index is 1.73. The van der Waals surface area contributed by atoms with Gasteiger partial charge in [-0.2, -0.15) is 0 Å². The molecule has 1 aliphatic rings. The quantitative estimate of drug-likeness (QED) is 0.585. The number of benzene rings is 1. The van der Waals surface area contributed by atoms with E-state index in [2.05, 4.69) is 4.98 Å². The monoisotopic (exact) mass is 358 g/mol. The van der Waals surface area contributed by atoms with Crippen molar-refractivity contribution in [3.8, 4) is 0 Å². The summed E-state index contributed by atoms with van der Waals surface area (Å²) >= 11 is 1.49. The predicted molar refractivity (Wildman–Crippen MR) is 92.7 cm³/mol. The van der Waals surface area contributed by atoms with E-state index in [1.807, 2.05) is 19.2 Å². The fourth-order valence-electron chi connectivity index (χ4n) is 2.63. The normalized spacial score (nSPS) is 13.3. The summed E-state index contributed by atoms with van der Waals surface area (Å²) in [5.74, 6) is -1.19. The van der Waals surface area contributed by atoms with Crippen molar-refractivity contribution < 1.29 is 19.1 Å². The van der Waals surface area contributed by atoms with Crippen LogP contribution < -0.4 is 0 Å². The van der Waals surface area contributed by atoms with Gasteiger partial charge in [-0.3, -0.25) is 14.5 Å². The molecular formula is C18H18N2O4S. The molecule has 0 spiro atoms. The first-order chi connectivity index (χ1) is 12.0. The van der Waals surface area contributed by atoms with Gasteiger partial charge in [0.05, 0.1) is 27.4 Å². The van der Waals surface area contributed by atoms with Gasteiger partial charge in [0, 0.05) is 11.9 Å². The van der Waals surface area contributed by atoms with Gasteiger partial charge < -0.3 is 4.74 Å². The molecule has 2 aromatic rings. The fourth-order valence-corrected chi connectivity index (χ4v) is 3.23. The summed E-state index contributed by atoms with van der Waals surface area (Å²) in [5.41, 5.74) is 1.55. The number of fused-ring (bicyclic) bond motifs is 1. The minimum Gasteiger partial charge on any atom is -0.456 e. The van der Waals surface area contributed by atoms with Crippen molar-refractivity contribution in [2.45, 2.75) is 33.3 Å². The second-order valence-corrected chi connectivity index (χ2v) is 6.87. The van der Waals surface area contributed by atoms with Crippen molar-refractivity contribution in [1.82, 2.24) is 9.88 Å². The highest BCUT2D eigenvalue weighted by molar-refractivity contribution is 7.09. The van der Waals surface area contributed by atoms with E-state index >= 15 is 0 Å². The van der Waals surface area contributed by atoms with Gasteiger partial charge in [0.15, 0.2) is 0 Å². The highest BCUT2D eigenvalue weighted by atomic mass is 32.1. The molecule has 2 amide bonds. The van der Waals surface area contributed by atoms with Crippen molar-refractivity contribution in [3.05, 3.63) is 51.0 Å². The van der Waals surface area contributed by atoms with Crippen LogP contribution in [0.4, 0.5) is 0 Å². The van der Waals surface area contributed by atoms with Gasteiger partial charge in [-0.05, 0) is 31.5 Å². The standard InChI is InChI=1S/C18H18N2O4S/c1-3-4-7-20-16(21)14-6-5-12(8-15(14)17(20)22)18(23)24-9-13-10-25-11(2)19-13/h5-6,8,10H,3-4,7,9H2,1-2H3. The number of esters is 1. The number of nitrogens with zero attached hydrogens (tertiary/aromatic N) is 2. The van der Waals surface area contributed by atoms with E-state index in [0.29, 0.717) is 17.8 Å². The molecule has 7 heteroatoms. The van der Waals surface area contributed by atoms with E-state index in [4.69, 9.17) is 4.74 Å². The number of imide groups is 1. The highest BCUT2D eigenvalue weighted by Crippen LogP contribution is 2.25. The summed E-state index contributed by atoms with van der Waals surface area (Å²) in [7, 11) is 0. The molecule has 1 aromatic heterocycles. The van der Waals surface area contributed by atoms with E-state index in [1.54, 1.807) is 0 Å². The summed E-state index contributed by atoms with van der Waals surface area (Å²) in [6.45, 7) is 4.35. The molecule has 0 fully saturated rings. The molecule has 1 aromatic carbocycles. The van der Waals surface area contributed by atoms with Crippen LogP contribution in [0, 0.1) is 6.92 Å². The summed E-state index contributed by atoms with van der Waals surface area (Å²) in [6, 6.07) is 4.48. The van der Waals surface area contributed by atoms with E-state index < -0.39 is 5.97 Å². The number of carbonyl (C=O) groups excluding carboxylic acids is 3. The Morgan fingerprint density at radius 1 is 1.24 bits per heavy atom. The van der Waals surface area contributed by atoms with Crippen LogP contribution in [0.3, 0.4) is 0 Å². The first kappa shape index (κ1) is 17.3. The number of aryl methyl sites for hydroxylation is 1. The van der Waals surface area contributed by atoms with Crippen molar-refractivity contribution in [2.75, 3.05) is 6.54 Å². The lowest BCUT2D eigenvalue weighted by Crippen LogP contribution is -2.30. The number of ether oxygens (including phenoxy) is 1. The molecule has 1 aliphatic heterocycles. The van der Waals surface area contributed by atoms with Crippen LogP contribution in [0.25, 0.3) is 0 Å². The van der Waals surface area contributed by atoms with Gasteiger partial charge in [-0.15, -0.1) is 11.3 Å². The number of thiazole rings is 1. The van der Waals surface area contributed by atoms with Crippen LogP contribution in [0.5, 0.6) is 0 Å². The fraction of sp³-hybridized carbons (Fsp3) is 0.333. The molecule has 6 nitrogen and oxygen atoms in total. The third kappa shape index (κ3) is 3.46. The van der Waals surface area contributed by atoms with Gasteiger partial charge in [0.1, 0.15) is 6.61 Å². The maximum atomic E-state index is 12.4. The topological polar surface area (TPSA) is 76.6 Å². The minimum absolute atomic E-state index is 0.0791. The molecule has 25 heavy (non-hydrogen) atoms. The van der Waals surface area contributed by atoms with Crippen molar-refractivity contribution in [3.63, 3.8) is 0 Å². The Labute approximate surface area is 149 Å². The predicted octanol–water partition coefficient (Wildman–Crippen LogP) is 3.20. The zero-order valence-electron chi connectivity index (χ0n) is 14.1. The summed E-state index contributed by atoms with van der Waals surface area (Å²) in [5, 5.41) is 2.74. The second kappa shape index (κ2) is 7.14. The largest absolute Gasteiger partial charge is 0.456 e. The van der Waals surface area contributed by atoms with Crippen LogP contribution >= 0.6 is 11.3 Å². The number of aromatic nitrogens is 1. The third-order valence-electron chi connectivity index (χ3n) is 3.96. The number of hydrogen-bond donors (Lipinski definition) is 0. The molecule has 2 heterocycles. The number of unbranched alkanes of at least 4 members (excludes halogenated alkanes) is 1. The number of rotatable bonds is 6. The van der Waals surface area contributed by atoms with Crippen molar-refractivity contribution in [1.29, 1.82) is 0 Å². The molecule has 0 unspecified atom stereocenters. The van der Waals surface area contributed by atoms with Gasteiger partial charge in [-0.25, -0.2) is 9.78 Å². The third-order valence-corrected chi connectivity index (χ3v) is 4.78. The molecule has 0 radical (unpaired) electrons. The Morgan fingerprint density at radius 2 is 2.00 bits per heavy atom. The minimum atomic E-state index is -0.541. The zero-order valence-corrected chi connectivity index (χ0v) is 14.9. The van der Waals surface area contributed by atoms with Gasteiger partial charge >= 0.3 is 5.97 Å². The smallest absolute Gasteiger partial charge is 0.338 e. The Kier molecular flexibility index (Phi) is 4.94. The Morgan fingerprint density at radius 3 is 2.68 bits per heavy atom. The number of amides is 2. The molecule has 0 saturated heterocycles. The second-order valence-electron chi connectivity index (χ2n) is 5.81. The number of carbonyl (C=O) groups is 3. The molecule has 0 saturated carbocycles. The molecule has 0 aliphatic carbocycles. The first-order valence-corrected chi connectivity index (χ1v) is 8.97. The van der Waals surface area contributed by atoms with Gasteiger partial charge in [0.25, 0.3) is 11.8 Å². The summed E-state index contributed by atoms with van der Waals surface area (Å²) in [6.07, 6.45) is 1.65. The van der Waals surface area contributed by atoms with E-state index in [9.17, 15) is 14.4 Å². The van der Waals surface area contributed by atoms with Crippen LogP contribution in [0.15, 0.2) is 23.6 Å². The molecule has 3 rings (SSSR count). The number of hydrogen-bond acceptors (Lipinski definition) is 6. The average Bonchev–Trinajstić information content (AvgIpc) is 3.13. The highest BCUT2D eigenvalue weighted by Gasteiger charge is 2.35. The van der Waals surface area contributed by atoms with E-state index in [0.717, 1.165) is 17.8 Å². The zero-order chi connectivity index (χ0) is 18.0. The van der Waals surface area contributed by atoms with E-state index in [-0.39, 0.29) is 29.5 Å². The maximum Gasteiger partial charge on any atom is 0.338 e. The molecule has 0 atom stereocenters. The van der Waals surface area contributed by atoms with Crippen molar-refractivity contribution in [2.24, 2.45) is 0 Å². The molecule has 130 valence electrons. The van der Waals surface area contributed by atoms with Crippen LogP contribution in [0.2, 0.25) is 0 Å². The maximum absolute atomic E-state index is 12.4. The van der Waals surface area contributed by atoms with Crippen LogP contribution in [-0.4, -0.2) is 34.2 Å². The summed E-state index contributed by atoms with van der Waals surface area (Å²) < 4.78 is 5.24. The van der Waals surface area contributed by atoms with Crippen LogP contribution in [0.1, 0.15) is 61.5 Å². The van der Waals surface area contributed by atoms with Crippen molar-refractivity contribution >= 4 is 29.1 Å². The summed E-state index contributed by atoms with van der Waals surface area (Å²) in [4.78, 5) is 42.4. The average molecular weight is 358 g/mol. The lowest BCUT2D eigenvalue weighted by molar-refractivity contribution is 0.0468. The Bertz CT molecular complexity index is 843. The Hall–Kier alpha value is -2.54. The molecular weight excluding hydrogens is 340 g/mol. The SMILES string of the molecule is CCCCN1C(=O)c2ccc(C(=O)OCc3csc(C)n3)cc2C1=O. The lowest BCUT2D eigenvalue weighted by atomic mass is 10.1. The first-order valence-electron chi connectivity index (χ1n) is 8.09. The lowest BCUT2D eigenvalue weighted by Gasteiger charge is -2.12. The van der Waals surface area contributed by atoms with Gasteiger partial charge in [-0.1, -0.05) is 13.3 Å². The molecule has 0 N–H and O–H groups in total. The molecule has 0 bridgehead atoms. The van der Waals surface area contributed by atoms with Gasteiger partial charge in [0.2, 0.25) is 0 Å². The van der Waals surface area contributed by atoms with E-state index in [1.165, 1.54) is 34.4 Å². The van der Waals surface area contributed by atoms with Crippen LogP contribution in [-0.2, 0) is 11.3 Å².